The minimum atomic E-state index is 0.308. The van der Waals surface area contributed by atoms with Crippen molar-refractivity contribution in [1.82, 2.24) is 0 Å². The molecule has 1 aromatic rings. The van der Waals surface area contributed by atoms with Crippen molar-refractivity contribution in [2.24, 2.45) is 5.92 Å². The van der Waals surface area contributed by atoms with Crippen molar-refractivity contribution in [3.8, 4) is 5.75 Å². The van der Waals surface area contributed by atoms with Gasteiger partial charge in [-0.15, -0.1) is 0 Å². The molecule has 2 aliphatic rings. The lowest BCUT2D eigenvalue weighted by atomic mass is 10.1. The molecular weight excluding hydrogens is 164 g/mol. The van der Waals surface area contributed by atoms with Gasteiger partial charge in [0.15, 0.2) is 5.78 Å². The molecule has 2 heteroatoms. The fourth-order valence-corrected chi connectivity index (χ4v) is 2.23. The summed E-state index contributed by atoms with van der Waals surface area (Å²) in [5.74, 6) is 1.95. The van der Waals surface area contributed by atoms with Crippen LogP contribution < -0.4 is 4.74 Å². The maximum atomic E-state index is 11.7. The SMILES string of the molecule is COc1ccc2c(c1)C(=O)C1CC21. The number of carbonyl (C=O) groups is 1. The third kappa shape index (κ3) is 0.804. The standard InChI is InChI=1S/C11H10O2/c1-13-6-2-3-7-8-5-10(8)11(12)9(7)4-6/h2-4,8,10H,5H2,1H3. The number of methoxy groups -OCH3 is 1. The van der Waals surface area contributed by atoms with E-state index in [-0.39, 0.29) is 0 Å². The summed E-state index contributed by atoms with van der Waals surface area (Å²) in [7, 11) is 1.63. The van der Waals surface area contributed by atoms with E-state index in [0.29, 0.717) is 17.6 Å². The first-order chi connectivity index (χ1) is 6.31. The molecule has 1 fully saturated rings. The van der Waals surface area contributed by atoms with Crippen LogP contribution in [0.1, 0.15) is 28.3 Å². The molecule has 0 heterocycles. The predicted molar refractivity (Wildman–Crippen MR) is 48.2 cm³/mol. The Labute approximate surface area is 76.5 Å². The second-order valence-electron chi connectivity index (χ2n) is 3.77. The van der Waals surface area contributed by atoms with Crippen molar-refractivity contribution < 1.29 is 9.53 Å². The lowest BCUT2D eigenvalue weighted by Gasteiger charge is -2.04. The largest absolute Gasteiger partial charge is 0.497 e. The number of benzene rings is 1. The highest BCUT2D eigenvalue weighted by Gasteiger charge is 2.51. The third-order valence-corrected chi connectivity index (χ3v) is 3.05. The van der Waals surface area contributed by atoms with E-state index in [2.05, 4.69) is 0 Å². The quantitative estimate of drug-likeness (QED) is 0.650. The average molecular weight is 174 g/mol. The van der Waals surface area contributed by atoms with Crippen molar-refractivity contribution in [1.29, 1.82) is 0 Å². The smallest absolute Gasteiger partial charge is 0.167 e. The highest BCUT2D eigenvalue weighted by Crippen LogP contribution is 2.56. The molecule has 66 valence electrons. The first-order valence-electron chi connectivity index (χ1n) is 4.53. The van der Waals surface area contributed by atoms with Gasteiger partial charge in [-0.1, -0.05) is 6.07 Å². The van der Waals surface area contributed by atoms with E-state index in [1.807, 2.05) is 18.2 Å². The maximum absolute atomic E-state index is 11.7. The van der Waals surface area contributed by atoms with Crippen molar-refractivity contribution in [2.75, 3.05) is 7.11 Å². The van der Waals surface area contributed by atoms with Crippen LogP contribution in [0.3, 0.4) is 0 Å². The second kappa shape index (κ2) is 2.13. The zero-order valence-electron chi connectivity index (χ0n) is 7.41. The van der Waals surface area contributed by atoms with Crippen LogP contribution in [0.15, 0.2) is 18.2 Å². The summed E-state index contributed by atoms with van der Waals surface area (Å²) < 4.78 is 5.09. The number of hydrogen-bond acceptors (Lipinski definition) is 2. The van der Waals surface area contributed by atoms with Gasteiger partial charge in [-0.05, 0) is 30.0 Å². The molecule has 0 saturated heterocycles. The monoisotopic (exact) mass is 174 g/mol. The molecule has 2 nitrogen and oxygen atoms in total. The molecule has 0 spiro atoms. The highest BCUT2D eigenvalue weighted by molar-refractivity contribution is 6.06. The molecule has 2 unspecified atom stereocenters. The first-order valence-corrected chi connectivity index (χ1v) is 4.53. The number of carbonyl (C=O) groups excluding carboxylic acids is 1. The highest BCUT2D eigenvalue weighted by atomic mass is 16.5. The van der Waals surface area contributed by atoms with E-state index < -0.39 is 0 Å². The number of fused-ring (bicyclic) bond motifs is 3. The summed E-state index contributed by atoms with van der Waals surface area (Å²) in [6, 6.07) is 5.83. The molecule has 0 amide bonds. The van der Waals surface area contributed by atoms with E-state index in [4.69, 9.17) is 4.74 Å². The molecule has 13 heavy (non-hydrogen) atoms. The first kappa shape index (κ1) is 7.13. The average Bonchev–Trinajstić information content (AvgIpc) is 2.91. The van der Waals surface area contributed by atoms with Crippen LogP contribution in [0, 0.1) is 5.92 Å². The molecule has 0 aliphatic heterocycles. The van der Waals surface area contributed by atoms with E-state index in [9.17, 15) is 4.79 Å². The van der Waals surface area contributed by atoms with Crippen LogP contribution in [0.2, 0.25) is 0 Å². The van der Waals surface area contributed by atoms with Gasteiger partial charge in [-0.25, -0.2) is 0 Å². The summed E-state index contributed by atoms with van der Waals surface area (Å²) >= 11 is 0. The fourth-order valence-electron chi connectivity index (χ4n) is 2.23. The fraction of sp³-hybridized carbons (Fsp3) is 0.364. The van der Waals surface area contributed by atoms with Gasteiger partial charge < -0.3 is 4.74 Å². The van der Waals surface area contributed by atoms with E-state index >= 15 is 0 Å². The summed E-state index contributed by atoms with van der Waals surface area (Å²) in [5.41, 5.74) is 2.12. The van der Waals surface area contributed by atoms with Crippen molar-refractivity contribution in [2.45, 2.75) is 12.3 Å². The molecule has 0 N–H and O–H groups in total. The summed E-state index contributed by atoms with van der Waals surface area (Å²) in [6.45, 7) is 0. The number of ether oxygens (including phenoxy) is 1. The molecule has 1 saturated carbocycles. The minimum absolute atomic E-state index is 0.308. The predicted octanol–water partition coefficient (Wildman–Crippen LogP) is 1.99. The molecule has 2 atom stereocenters. The van der Waals surface area contributed by atoms with Crippen LogP contribution in [0.25, 0.3) is 0 Å². The molecule has 1 aromatic carbocycles. The van der Waals surface area contributed by atoms with Crippen molar-refractivity contribution in [3.05, 3.63) is 29.3 Å². The molecule has 0 radical (unpaired) electrons. The summed E-state index contributed by atoms with van der Waals surface area (Å²) in [6.07, 6.45) is 1.07. The third-order valence-electron chi connectivity index (χ3n) is 3.05. The van der Waals surface area contributed by atoms with Gasteiger partial charge in [0.25, 0.3) is 0 Å². The minimum Gasteiger partial charge on any atom is -0.497 e. The van der Waals surface area contributed by atoms with E-state index in [0.717, 1.165) is 17.7 Å². The Morgan fingerprint density at radius 1 is 1.38 bits per heavy atom. The van der Waals surface area contributed by atoms with E-state index in [1.54, 1.807) is 7.11 Å². The number of hydrogen-bond donors (Lipinski definition) is 0. The molecular formula is C11H10O2. The van der Waals surface area contributed by atoms with Crippen LogP contribution in [0.5, 0.6) is 5.75 Å². The van der Waals surface area contributed by atoms with Crippen molar-refractivity contribution >= 4 is 5.78 Å². The van der Waals surface area contributed by atoms with Crippen molar-refractivity contribution in [3.63, 3.8) is 0 Å². The Bertz CT molecular complexity index is 395. The van der Waals surface area contributed by atoms with Gasteiger partial charge in [-0.2, -0.15) is 0 Å². The second-order valence-corrected chi connectivity index (χ2v) is 3.77. The molecule has 0 bridgehead atoms. The Hall–Kier alpha value is -1.31. The molecule has 0 aromatic heterocycles. The van der Waals surface area contributed by atoms with Crippen LogP contribution in [-0.4, -0.2) is 12.9 Å². The van der Waals surface area contributed by atoms with Crippen LogP contribution in [0.4, 0.5) is 0 Å². The van der Waals surface area contributed by atoms with Gasteiger partial charge in [0.2, 0.25) is 0 Å². The van der Waals surface area contributed by atoms with Gasteiger partial charge in [0, 0.05) is 11.5 Å². The Morgan fingerprint density at radius 3 is 3.00 bits per heavy atom. The van der Waals surface area contributed by atoms with E-state index in [1.165, 1.54) is 5.56 Å². The summed E-state index contributed by atoms with van der Waals surface area (Å²) in [5, 5.41) is 0. The normalized spacial score (nSPS) is 28.2. The lowest BCUT2D eigenvalue weighted by molar-refractivity contribution is 0.0974. The molecule has 2 aliphatic carbocycles. The zero-order valence-corrected chi connectivity index (χ0v) is 7.41. The van der Waals surface area contributed by atoms with Crippen LogP contribution in [-0.2, 0) is 0 Å². The van der Waals surface area contributed by atoms with Gasteiger partial charge in [-0.3, -0.25) is 4.79 Å². The van der Waals surface area contributed by atoms with Gasteiger partial charge >= 0.3 is 0 Å². The Morgan fingerprint density at radius 2 is 2.23 bits per heavy atom. The Balaban J connectivity index is 2.16. The topological polar surface area (TPSA) is 26.3 Å². The number of Topliss-reactive ketones (excluding diaryl/α,β-unsaturated/α-hetero) is 1. The lowest BCUT2D eigenvalue weighted by Crippen LogP contribution is -1.98. The zero-order chi connectivity index (χ0) is 9.00. The van der Waals surface area contributed by atoms with Gasteiger partial charge in [0.05, 0.1) is 7.11 Å². The number of ketones is 1. The summed E-state index contributed by atoms with van der Waals surface area (Å²) in [4.78, 5) is 11.7. The maximum Gasteiger partial charge on any atom is 0.167 e. The molecule has 3 rings (SSSR count). The van der Waals surface area contributed by atoms with Gasteiger partial charge in [0.1, 0.15) is 5.75 Å². The Kier molecular flexibility index (Phi) is 1.17. The number of rotatable bonds is 1. The van der Waals surface area contributed by atoms with Crippen LogP contribution >= 0.6 is 0 Å².